The molecular weight excluding hydrogens is 294 g/mol. The minimum absolute atomic E-state index is 0.0274. The van der Waals surface area contributed by atoms with Gasteiger partial charge in [0.2, 0.25) is 11.8 Å². The van der Waals surface area contributed by atoms with E-state index in [9.17, 15) is 9.59 Å². The van der Waals surface area contributed by atoms with E-state index in [1.54, 1.807) is 4.90 Å². The fraction of sp³-hybridized carbons (Fsp3) is 0.500. The van der Waals surface area contributed by atoms with Gasteiger partial charge in [0, 0.05) is 38.7 Å². The number of rotatable bonds is 6. The summed E-state index contributed by atoms with van der Waals surface area (Å²) in [6.45, 7) is 3.72. The second kappa shape index (κ2) is 6.76. The van der Waals surface area contributed by atoms with Crippen LogP contribution in [0.4, 0.5) is 0 Å². The molecule has 0 bridgehead atoms. The first-order valence-corrected chi connectivity index (χ1v) is 8.03. The Balaban J connectivity index is 1.45. The molecule has 3 heterocycles. The molecule has 1 saturated heterocycles. The van der Waals surface area contributed by atoms with Crippen molar-refractivity contribution in [1.82, 2.24) is 24.8 Å². The largest absolute Gasteiger partial charge is 0.356 e. The highest BCUT2D eigenvalue weighted by atomic mass is 16.2. The first-order valence-electron chi connectivity index (χ1n) is 8.03. The van der Waals surface area contributed by atoms with Crippen LogP contribution < -0.4 is 5.32 Å². The van der Waals surface area contributed by atoms with Crippen molar-refractivity contribution in [3.05, 3.63) is 30.2 Å². The summed E-state index contributed by atoms with van der Waals surface area (Å²) >= 11 is 0. The lowest BCUT2D eigenvalue weighted by Gasteiger charge is -2.13. The van der Waals surface area contributed by atoms with Crippen LogP contribution >= 0.6 is 0 Å². The summed E-state index contributed by atoms with van der Waals surface area (Å²) in [6.07, 6.45) is 3.80. The van der Waals surface area contributed by atoms with Crippen LogP contribution in [0.25, 0.3) is 5.65 Å². The number of amides is 2. The molecule has 2 aromatic heterocycles. The van der Waals surface area contributed by atoms with E-state index in [0.29, 0.717) is 26.1 Å². The van der Waals surface area contributed by atoms with Crippen LogP contribution in [0.5, 0.6) is 0 Å². The standard InChI is InChI=1S/C16H21N5O2/c1-2-20-11-12(10-15(20)22)16(23)17-8-5-7-14-19-18-13-6-3-4-9-21(13)14/h3-4,6,9,12H,2,5,7-8,10-11H2,1H3,(H,17,23)/t12-/m1/s1. The lowest BCUT2D eigenvalue weighted by Crippen LogP contribution is -2.33. The van der Waals surface area contributed by atoms with Crippen LogP contribution in [-0.4, -0.2) is 50.9 Å². The Morgan fingerprint density at radius 3 is 3.04 bits per heavy atom. The maximum atomic E-state index is 12.1. The molecule has 1 N–H and O–H groups in total. The summed E-state index contributed by atoms with van der Waals surface area (Å²) in [5.74, 6) is 0.724. The predicted molar refractivity (Wildman–Crippen MR) is 84.7 cm³/mol. The van der Waals surface area contributed by atoms with Gasteiger partial charge < -0.3 is 10.2 Å². The highest BCUT2D eigenvalue weighted by Crippen LogP contribution is 2.17. The fourth-order valence-corrected chi connectivity index (χ4v) is 2.92. The number of pyridine rings is 1. The number of hydrogen-bond donors (Lipinski definition) is 1. The molecule has 1 atom stereocenters. The van der Waals surface area contributed by atoms with Crippen molar-refractivity contribution < 1.29 is 9.59 Å². The van der Waals surface area contributed by atoms with Crippen LogP contribution in [0.3, 0.4) is 0 Å². The lowest BCUT2D eigenvalue weighted by molar-refractivity contribution is -0.128. The molecule has 0 unspecified atom stereocenters. The first-order chi connectivity index (χ1) is 11.2. The van der Waals surface area contributed by atoms with Crippen LogP contribution in [-0.2, 0) is 16.0 Å². The van der Waals surface area contributed by atoms with Gasteiger partial charge in [-0.15, -0.1) is 10.2 Å². The molecule has 0 radical (unpaired) electrons. The van der Waals surface area contributed by atoms with Crippen LogP contribution in [0.15, 0.2) is 24.4 Å². The molecule has 1 fully saturated rings. The quantitative estimate of drug-likeness (QED) is 0.794. The van der Waals surface area contributed by atoms with Crippen molar-refractivity contribution in [2.24, 2.45) is 5.92 Å². The third kappa shape index (κ3) is 3.33. The van der Waals surface area contributed by atoms with Crippen molar-refractivity contribution in [2.45, 2.75) is 26.2 Å². The molecule has 1 aliphatic rings. The zero-order chi connectivity index (χ0) is 16.2. The molecule has 0 saturated carbocycles. The van der Waals surface area contributed by atoms with Gasteiger partial charge >= 0.3 is 0 Å². The molecule has 0 aliphatic carbocycles. The van der Waals surface area contributed by atoms with Crippen LogP contribution in [0, 0.1) is 5.92 Å². The minimum atomic E-state index is -0.212. The van der Waals surface area contributed by atoms with E-state index in [1.807, 2.05) is 35.7 Å². The van der Waals surface area contributed by atoms with Gasteiger partial charge in [0.1, 0.15) is 5.82 Å². The van der Waals surface area contributed by atoms with Crippen molar-refractivity contribution in [1.29, 1.82) is 0 Å². The third-order valence-corrected chi connectivity index (χ3v) is 4.23. The molecule has 1 aliphatic heterocycles. The Labute approximate surface area is 134 Å². The topological polar surface area (TPSA) is 79.6 Å². The van der Waals surface area contributed by atoms with Gasteiger partial charge in [-0.25, -0.2) is 0 Å². The summed E-state index contributed by atoms with van der Waals surface area (Å²) in [7, 11) is 0. The Hall–Kier alpha value is -2.44. The highest BCUT2D eigenvalue weighted by molar-refractivity contribution is 5.89. The van der Waals surface area contributed by atoms with E-state index in [-0.39, 0.29) is 17.7 Å². The first kappa shape index (κ1) is 15.5. The van der Waals surface area contributed by atoms with Crippen LogP contribution in [0.2, 0.25) is 0 Å². The summed E-state index contributed by atoms with van der Waals surface area (Å²) in [4.78, 5) is 25.5. The monoisotopic (exact) mass is 315 g/mol. The maximum Gasteiger partial charge on any atom is 0.225 e. The smallest absolute Gasteiger partial charge is 0.225 e. The van der Waals surface area contributed by atoms with E-state index in [2.05, 4.69) is 15.5 Å². The number of carbonyl (C=O) groups is 2. The minimum Gasteiger partial charge on any atom is -0.356 e. The predicted octanol–water partition coefficient (Wildman–Crippen LogP) is 0.646. The SMILES string of the molecule is CCN1C[C@H](C(=O)NCCCc2nnc3ccccn23)CC1=O. The number of likely N-dealkylation sites (tertiary alicyclic amines) is 1. The molecule has 7 nitrogen and oxygen atoms in total. The van der Waals surface area contributed by atoms with E-state index in [0.717, 1.165) is 24.3 Å². The Morgan fingerprint density at radius 1 is 1.39 bits per heavy atom. The number of aryl methyl sites for hydroxylation is 1. The average Bonchev–Trinajstić information content (AvgIpc) is 3.15. The van der Waals surface area contributed by atoms with E-state index in [4.69, 9.17) is 0 Å². The number of aromatic nitrogens is 3. The molecule has 23 heavy (non-hydrogen) atoms. The van der Waals surface area contributed by atoms with Crippen molar-refractivity contribution in [2.75, 3.05) is 19.6 Å². The van der Waals surface area contributed by atoms with Crippen LogP contribution in [0.1, 0.15) is 25.6 Å². The molecule has 3 rings (SSSR count). The van der Waals surface area contributed by atoms with Gasteiger partial charge in [-0.2, -0.15) is 0 Å². The molecule has 7 heteroatoms. The van der Waals surface area contributed by atoms with E-state index < -0.39 is 0 Å². The summed E-state index contributed by atoms with van der Waals surface area (Å²) in [5.41, 5.74) is 0.829. The second-order valence-electron chi connectivity index (χ2n) is 5.77. The summed E-state index contributed by atoms with van der Waals surface area (Å²) in [6, 6.07) is 5.78. The van der Waals surface area contributed by atoms with Gasteiger partial charge in [0.05, 0.1) is 5.92 Å². The molecule has 0 aromatic carbocycles. The zero-order valence-electron chi connectivity index (χ0n) is 13.2. The zero-order valence-corrected chi connectivity index (χ0v) is 13.2. The molecule has 2 aromatic rings. The van der Waals surface area contributed by atoms with E-state index >= 15 is 0 Å². The Kier molecular flexibility index (Phi) is 4.55. The fourth-order valence-electron chi connectivity index (χ4n) is 2.92. The Bertz CT molecular complexity index is 711. The highest BCUT2D eigenvalue weighted by Gasteiger charge is 2.32. The molecule has 0 spiro atoms. The molecular formula is C16H21N5O2. The number of fused-ring (bicyclic) bond motifs is 1. The summed E-state index contributed by atoms with van der Waals surface area (Å²) in [5, 5.41) is 11.2. The normalized spacial score (nSPS) is 17.9. The average molecular weight is 315 g/mol. The van der Waals surface area contributed by atoms with Gasteiger partial charge in [-0.3, -0.25) is 14.0 Å². The molecule has 122 valence electrons. The van der Waals surface area contributed by atoms with Crippen molar-refractivity contribution in [3.8, 4) is 0 Å². The van der Waals surface area contributed by atoms with Gasteiger partial charge in [0.15, 0.2) is 5.65 Å². The van der Waals surface area contributed by atoms with Crippen molar-refractivity contribution in [3.63, 3.8) is 0 Å². The van der Waals surface area contributed by atoms with E-state index in [1.165, 1.54) is 0 Å². The Morgan fingerprint density at radius 2 is 2.26 bits per heavy atom. The van der Waals surface area contributed by atoms with Gasteiger partial charge in [-0.1, -0.05) is 6.07 Å². The van der Waals surface area contributed by atoms with Crippen molar-refractivity contribution >= 4 is 17.5 Å². The lowest BCUT2D eigenvalue weighted by atomic mass is 10.1. The number of carbonyl (C=O) groups excluding carboxylic acids is 2. The third-order valence-electron chi connectivity index (χ3n) is 4.23. The summed E-state index contributed by atoms with van der Waals surface area (Å²) < 4.78 is 1.95. The maximum absolute atomic E-state index is 12.1. The number of hydrogen-bond acceptors (Lipinski definition) is 4. The number of nitrogens with one attached hydrogen (secondary N) is 1. The van der Waals surface area contributed by atoms with Gasteiger partial charge in [-0.05, 0) is 25.5 Å². The van der Waals surface area contributed by atoms with Gasteiger partial charge in [0.25, 0.3) is 0 Å². The second-order valence-corrected chi connectivity index (χ2v) is 5.77. The molecule has 2 amide bonds. The number of nitrogens with zero attached hydrogens (tertiary/aromatic N) is 4.